The molecular weight excluding hydrogens is 114 g/mol. The van der Waals surface area contributed by atoms with Crippen molar-refractivity contribution in [3.63, 3.8) is 0 Å². The Morgan fingerprint density at radius 3 is 2.56 bits per heavy atom. The zero-order chi connectivity index (χ0) is 7.28. The summed E-state index contributed by atoms with van der Waals surface area (Å²) in [4.78, 5) is 0. The van der Waals surface area contributed by atoms with Crippen molar-refractivity contribution >= 4 is 0 Å². The summed E-state index contributed by atoms with van der Waals surface area (Å²) in [5, 5.41) is 10.1. The van der Waals surface area contributed by atoms with Gasteiger partial charge in [0.1, 0.15) is 0 Å². The average Bonchev–Trinajstić information content (AvgIpc) is 1.63. The molecule has 1 unspecified atom stereocenters. The predicted molar refractivity (Wildman–Crippen MR) is 36.5 cm³/mol. The monoisotopic (exact) mass is 127 g/mol. The van der Waals surface area contributed by atoms with Crippen molar-refractivity contribution in [2.45, 2.75) is 19.4 Å². The van der Waals surface area contributed by atoms with E-state index in [1.54, 1.807) is 0 Å². The molecule has 3 nitrogen and oxygen atoms in total. The summed E-state index contributed by atoms with van der Waals surface area (Å²) in [5.41, 5.74) is 3.05. The molecule has 0 aliphatic carbocycles. The molecule has 0 aromatic carbocycles. The van der Waals surface area contributed by atoms with Crippen LogP contribution in [-0.2, 0) is 0 Å². The Morgan fingerprint density at radius 2 is 2.22 bits per heavy atom. The van der Waals surface area contributed by atoms with E-state index in [4.69, 9.17) is 5.26 Å². The van der Waals surface area contributed by atoms with Gasteiger partial charge in [-0.2, -0.15) is 5.26 Å². The van der Waals surface area contributed by atoms with Crippen molar-refractivity contribution in [1.29, 1.82) is 5.26 Å². The van der Waals surface area contributed by atoms with E-state index in [-0.39, 0.29) is 6.04 Å². The second-order valence-electron chi connectivity index (χ2n) is 2.29. The molecule has 0 saturated carbocycles. The molecule has 3 heteroatoms. The Bertz CT molecular complexity index is 103. The van der Waals surface area contributed by atoms with Crippen molar-refractivity contribution in [3.05, 3.63) is 0 Å². The molecule has 0 aromatic rings. The lowest BCUT2D eigenvalue weighted by Crippen LogP contribution is -2.37. The number of hydrazine groups is 1. The maximum Gasteiger partial charge on any atom is 0.0638 e. The highest BCUT2D eigenvalue weighted by Gasteiger charge is 1.98. The number of nitrogens with zero attached hydrogens (tertiary/aromatic N) is 2. The van der Waals surface area contributed by atoms with Crippen LogP contribution in [-0.4, -0.2) is 25.1 Å². The predicted octanol–water partition coefficient (Wildman–Crippen LogP) is 0.355. The van der Waals surface area contributed by atoms with E-state index >= 15 is 0 Å². The highest BCUT2D eigenvalue weighted by molar-refractivity contribution is 4.75. The number of hydrogen-bond acceptors (Lipinski definition) is 3. The van der Waals surface area contributed by atoms with E-state index < -0.39 is 0 Å². The first kappa shape index (κ1) is 8.41. The Labute approximate surface area is 56.2 Å². The van der Waals surface area contributed by atoms with Crippen molar-refractivity contribution in [1.82, 2.24) is 10.4 Å². The molecule has 0 aliphatic heterocycles. The largest absolute Gasteiger partial charge is 0.252 e. The van der Waals surface area contributed by atoms with Crippen molar-refractivity contribution in [2.24, 2.45) is 0 Å². The van der Waals surface area contributed by atoms with Gasteiger partial charge in [-0.25, -0.2) is 0 Å². The molecule has 1 atom stereocenters. The Morgan fingerprint density at radius 1 is 1.67 bits per heavy atom. The molecule has 0 saturated heterocycles. The molecule has 0 bridgehead atoms. The minimum absolute atomic E-state index is 0.255. The highest BCUT2D eigenvalue weighted by Crippen LogP contribution is 1.86. The maximum absolute atomic E-state index is 8.24. The first-order valence-electron chi connectivity index (χ1n) is 2.97. The van der Waals surface area contributed by atoms with E-state index in [9.17, 15) is 0 Å². The van der Waals surface area contributed by atoms with Gasteiger partial charge in [-0.05, 0) is 6.92 Å². The van der Waals surface area contributed by atoms with E-state index in [1.165, 1.54) is 0 Å². The van der Waals surface area contributed by atoms with Gasteiger partial charge in [-0.3, -0.25) is 10.4 Å². The number of nitriles is 1. The van der Waals surface area contributed by atoms with Gasteiger partial charge in [0.25, 0.3) is 0 Å². The van der Waals surface area contributed by atoms with Crippen LogP contribution in [0.15, 0.2) is 0 Å². The lowest BCUT2D eigenvalue weighted by Gasteiger charge is -2.16. The van der Waals surface area contributed by atoms with Crippen LogP contribution in [0.3, 0.4) is 0 Å². The Kier molecular flexibility index (Phi) is 4.02. The van der Waals surface area contributed by atoms with Gasteiger partial charge in [0.2, 0.25) is 0 Å². The van der Waals surface area contributed by atoms with Gasteiger partial charge in [-0.1, -0.05) is 0 Å². The summed E-state index contributed by atoms with van der Waals surface area (Å²) in [6.07, 6.45) is 0.554. The summed E-state index contributed by atoms with van der Waals surface area (Å²) in [5.74, 6) is 0. The van der Waals surface area contributed by atoms with Crippen LogP contribution in [0.1, 0.15) is 13.3 Å². The number of rotatable bonds is 3. The fourth-order valence-corrected chi connectivity index (χ4v) is 0.623. The molecule has 0 fully saturated rings. The van der Waals surface area contributed by atoms with Gasteiger partial charge in [0, 0.05) is 20.1 Å². The Balaban J connectivity index is 3.29. The quantitative estimate of drug-likeness (QED) is 0.556. The maximum atomic E-state index is 8.24. The number of hydrogen-bond donors (Lipinski definition) is 1. The molecule has 0 aromatic heterocycles. The fraction of sp³-hybridized carbons (Fsp3) is 0.833. The molecule has 0 rings (SSSR count). The third kappa shape index (κ3) is 5.28. The van der Waals surface area contributed by atoms with Crippen molar-refractivity contribution in [3.8, 4) is 6.07 Å². The van der Waals surface area contributed by atoms with Gasteiger partial charge in [-0.15, -0.1) is 0 Å². The lowest BCUT2D eigenvalue weighted by atomic mass is 10.3. The standard InChI is InChI=1S/C6H13N3/c1-6(4-5-7)8-9(2)3/h6,8H,4H2,1-3H3. The van der Waals surface area contributed by atoms with E-state index in [2.05, 4.69) is 11.5 Å². The molecule has 0 spiro atoms. The topological polar surface area (TPSA) is 39.1 Å². The first-order valence-corrected chi connectivity index (χ1v) is 2.97. The molecule has 0 radical (unpaired) electrons. The van der Waals surface area contributed by atoms with Gasteiger partial charge in [0.05, 0.1) is 12.5 Å². The molecule has 1 N–H and O–H groups in total. The first-order chi connectivity index (χ1) is 4.16. The van der Waals surface area contributed by atoms with Crippen molar-refractivity contribution in [2.75, 3.05) is 14.1 Å². The minimum Gasteiger partial charge on any atom is -0.252 e. The van der Waals surface area contributed by atoms with Crippen LogP contribution in [0, 0.1) is 11.3 Å². The second kappa shape index (κ2) is 4.30. The summed E-state index contributed by atoms with van der Waals surface area (Å²) in [7, 11) is 3.82. The van der Waals surface area contributed by atoms with Crippen LogP contribution < -0.4 is 5.43 Å². The van der Waals surface area contributed by atoms with Crippen LogP contribution in [0.5, 0.6) is 0 Å². The molecule has 9 heavy (non-hydrogen) atoms. The fourth-order valence-electron chi connectivity index (χ4n) is 0.623. The molecule has 0 aliphatic rings. The van der Waals surface area contributed by atoms with Gasteiger partial charge >= 0.3 is 0 Å². The zero-order valence-corrected chi connectivity index (χ0v) is 6.18. The summed E-state index contributed by atoms with van der Waals surface area (Å²) in [6, 6.07) is 2.34. The van der Waals surface area contributed by atoms with E-state index in [1.807, 2.05) is 26.0 Å². The third-order valence-corrected chi connectivity index (χ3v) is 0.876. The van der Waals surface area contributed by atoms with Crippen LogP contribution >= 0.6 is 0 Å². The van der Waals surface area contributed by atoms with Crippen LogP contribution in [0.4, 0.5) is 0 Å². The van der Waals surface area contributed by atoms with Crippen molar-refractivity contribution < 1.29 is 0 Å². The van der Waals surface area contributed by atoms with E-state index in [0.29, 0.717) is 6.42 Å². The zero-order valence-electron chi connectivity index (χ0n) is 6.18. The molecule has 52 valence electrons. The highest BCUT2D eigenvalue weighted by atomic mass is 15.5. The molecule has 0 heterocycles. The smallest absolute Gasteiger partial charge is 0.0638 e. The van der Waals surface area contributed by atoms with E-state index in [0.717, 1.165) is 0 Å². The number of nitrogens with one attached hydrogen (secondary N) is 1. The second-order valence-corrected chi connectivity index (χ2v) is 2.29. The minimum atomic E-state index is 0.255. The summed E-state index contributed by atoms with van der Waals surface area (Å²) in [6.45, 7) is 1.98. The van der Waals surface area contributed by atoms with Gasteiger partial charge < -0.3 is 0 Å². The SMILES string of the molecule is CC(CC#N)NN(C)C. The normalized spacial score (nSPS) is 13.2. The summed E-state index contributed by atoms with van der Waals surface area (Å²) >= 11 is 0. The van der Waals surface area contributed by atoms with Crippen LogP contribution in [0.2, 0.25) is 0 Å². The third-order valence-electron chi connectivity index (χ3n) is 0.876. The lowest BCUT2D eigenvalue weighted by molar-refractivity contribution is 0.252. The molecular formula is C6H13N3. The summed E-state index contributed by atoms with van der Waals surface area (Å²) < 4.78 is 0. The Hall–Kier alpha value is -0.590. The average molecular weight is 127 g/mol. The molecule has 0 amide bonds. The van der Waals surface area contributed by atoms with Gasteiger partial charge in [0.15, 0.2) is 0 Å². The van der Waals surface area contributed by atoms with Crippen LogP contribution in [0.25, 0.3) is 0 Å².